The lowest BCUT2D eigenvalue weighted by Gasteiger charge is -2.39. The third-order valence-corrected chi connectivity index (χ3v) is 4.14. The van der Waals surface area contributed by atoms with Crippen molar-refractivity contribution in [3.8, 4) is 0 Å². The quantitative estimate of drug-likeness (QED) is 0.740. The van der Waals surface area contributed by atoms with Crippen LogP contribution in [-0.4, -0.2) is 46.2 Å². The van der Waals surface area contributed by atoms with Gasteiger partial charge in [-0.05, 0) is 27.2 Å². The molecule has 0 aliphatic carbocycles. The Balaban J connectivity index is 2.79. The molecule has 0 spiro atoms. The van der Waals surface area contributed by atoms with Gasteiger partial charge in [0.2, 0.25) is 0 Å². The molecule has 122 valence electrons. The van der Waals surface area contributed by atoms with E-state index in [2.05, 4.69) is 0 Å². The zero-order valence-corrected chi connectivity index (χ0v) is 13.3. The van der Waals surface area contributed by atoms with Crippen molar-refractivity contribution in [1.82, 2.24) is 4.90 Å². The summed E-state index contributed by atoms with van der Waals surface area (Å²) in [7, 11) is 0. The molecule has 1 saturated heterocycles. The first-order valence-electron chi connectivity index (χ1n) is 6.62. The number of carbonyl (C=O) groups is 2. The van der Waals surface area contributed by atoms with Crippen molar-refractivity contribution in [3.63, 3.8) is 0 Å². The van der Waals surface area contributed by atoms with Gasteiger partial charge in [-0.3, -0.25) is 4.79 Å². The Kier molecular flexibility index (Phi) is 5.57. The number of halogens is 3. The van der Waals surface area contributed by atoms with Crippen molar-refractivity contribution in [1.29, 1.82) is 0 Å². The smallest absolute Gasteiger partial charge is 0.410 e. The van der Waals surface area contributed by atoms with Crippen LogP contribution in [0.1, 0.15) is 34.1 Å². The minimum atomic E-state index is -4.45. The second-order valence-electron chi connectivity index (χ2n) is 6.01. The van der Waals surface area contributed by atoms with Gasteiger partial charge in [0.05, 0.1) is 5.92 Å². The van der Waals surface area contributed by atoms with E-state index in [1.54, 1.807) is 20.8 Å². The Morgan fingerprint density at radius 1 is 1.24 bits per heavy atom. The third kappa shape index (κ3) is 5.76. The fourth-order valence-electron chi connectivity index (χ4n) is 2.09. The van der Waals surface area contributed by atoms with Crippen LogP contribution >= 0.6 is 11.8 Å². The fourth-order valence-corrected chi connectivity index (χ4v) is 3.15. The summed E-state index contributed by atoms with van der Waals surface area (Å²) in [5.74, 6) is -1.72. The Morgan fingerprint density at radius 3 is 2.24 bits per heavy atom. The average Bonchev–Trinajstić information content (AvgIpc) is 2.24. The molecule has 1 aliphatic heterocycles. The number of ether oxygens (including phenoxy) is 1. The van der Waals surface area contributed by atoms with E-state index in [-0.39, 0.29) is 18.1 Å². The molecular formula is C13H20F3NO3S. The lowest BCUT2D eigenvalue weighted by atomic mass is 9.97. The maximum absolute atomic E-state index is 13.1. The van der Waals surface area contributed by atoms with Gasteiger partial charge < -0.3 is 9.64 Å². The van der Waals surface area contributed by atoms with Gasteiger partial charge in [-0.1, -0.05) is 11.8 Å². The average molecular weight is 327 g/mol. The first-order valence-corrected chi connectivity index (χ1v) is 7.50. The SMILES string of the molecule is CC(=O)S[C@@H]1CCN(C(=O)OC(C)(C)C)C[C@H]1C(F)(F)F. The molecule has 0 saturated carbocycles. The number of amides is 1. The van der Waals surface area contributed by atoms with Crippen LogP contribution in [0.15, 0.2) is 0 Å². The molecule has 2 atom stereocenters. The van der Waals surface area contributed by atoms with Crippen LogP contribution in [0.25, 0.3) is 0 Å². The Bertz CT molecular complexity index is 406. The molecule has 0 aromatic rings. The van der Waals surface area contributed by atoms with Gasteiger partial charge in [0.15, 0.2) is 5.12 Å². The number of alkyl halides is 3. The minimum Gasteiger partial charge on any atom is -0.444 e. The summed E-state index contributed by atoms with van der Waals surface area (Å²) < 4.78 is 44.4. The van der Waals surface area contributed by atoms with E-state index in [1.165, 1.54) is 6.92 Å². The van der Waals surface area contributed by atoms with Crippen molar-refractivity contribution in [2.24, 2.45) is 5.92 Å². The predicted molar refractivity (Wildman–Crippen MR) is 74.0 cm³/mol. The van der Waals surface area contributed by atoms with Crippen LogP contribution in [-0.2, 0) is 9.53 Å². The van der Waals surface area contributed by atoms with Crippen LogP contribution in [0.3, 0.4) is 0 Å². The molecule has 0 unspecified atom stereocenters. The minimum absolute atomic E-state index is 0.119. The number of thioether (sulfide) groups is 1. The van der Waals surface area contributed by atoms with Crippen molar-refractivity contribution < 1.29 is 27.5 Å². The third-order valence-electron chi connectivity index (χ3n) is 2.94. The largest absolute Gasteiger partial charge is 0.444 e. The van der Waals surface area contributed by atoms with Crippen molar-refractivity contribution in [3.05, 3.63) is 0 Å². The second kappa shape index (κ2) is 6.46. The van der Waals surface area contributed by atoms with E-state index in [1.807, 2.05) is 0 Å². The van der Waals surface area contributed by atoms with Crippen molar-refractivity contribution in [2.75, 3.05) is 13.1 Å². The maximum Gasteiger partial charge on any atom is 0.410 e. The van der Waals surface area contributed by atoms with Crippen molar-refractivity contribution in [2.45, 2.75) is 51.1 Å². The predicted octanol–water partition coefficient (Wildman–Crippen LogP) is 3.45. The van der Waals surface area contributed by atoms with Gasteiger partial charge in [0.25, 0.3) is 0 Å². The van der Waals surface area contributed by atoms with E-state index in [4.69, 9.17) is 4.74 Å². The fraction of sp³-hybridized carbons (Fsp3) is 0.846. The number of likely N-dealkylation sites (tertiary alicyclic amines) is 1. The molecule has 0 aromatic carbocycles. The number of hydrogen-bond acceptors (Lipinski definition) is 4. The maximum atomic E-state index is 13.1. The molecule has 0 aromatic heterocycles. The normalized spacial score (nSPS) is 23.9. The van der Waals surface area contributed by atoms with E-state index in [0.717, 1.165) is 4.90 Å². The van der Waals surface area contributed by atoms with Crippen LogP contribution in [0, 0.1) is 5.92 Å². The van der Waals surface area contributed by atoms with Gasteiger partial charge in [0.1, 0.15) is 5.60 Å². The van der Waals surface area contributed by atoms with Gasteiger partial charge in [-0.2, -0.15) is 13.2 Å². The molecule has 1 rings (SSSR count). The summed E-state index contributed by atoms with van der Waals surface area (Å²) in [5, 5.41) is -1.19. The summed E-state index contributed by atoms with van der Waals surface area (Å²) in [6, 6.07) is 0. The summed E-state index contributed by atoms with van der Waals surface area (Å²) in [6.45, 7) is 5.91. The number of carbonyl (C=O) groups excluding carboxylic acids is 2. The van der Waals surface area contributed by atoms with Gasteiger partial charge >= 0.3 is 12.3 Å². The molecule has 1 fully saturated rings. The van der Waals surface area contributed by atoms with E-state index in [0.29, 0.717) is 11.8 Å². The number of rotatable bonds is 1. The molecule has 8 heteroatoms. The standard InChI is InChI=1S/C13H20F3NO3S/c1-8(18)21-10-5-6-17(7-9(10)13(14,15)16)11(19)20-12(2,3)4/h9-10H,5-7H2,1-4H3/t9-,10-/m1/s1. The van der Waals surface area contributed by atoms with Gasteiger partial charge in [-0.25, -0.2) is 4.79 Å². The van der Waals surface area contributed by atoms with Crippen LogP contribution in [0.2, 0.25) is 0 Å². The summed E-state index contributed by atoms with van der Waals surface area (Å²) in [6.07, 6.45) is -5.08. The molecule has 1 heterocycles. The van der Waals surface area contributed by atoms with Gasteiger partial charge in [-0.15, -0.1) is 0 Å². The highest BCUT2D eigenvalue weighted by molar-refractivity contribution is 8.14. The monoisotopic (exact) mass is 327 g/mol. The molecule has 0 radical (unpaired) electrons. The first-order chi connectivity index (χ1) is 9.40. The van der Waals surface area contributed by atoms with Crippen LogP contribution in [0.4, 0.5) is 18.0 Å². The lowest BCUT2D eigenvalue weighted by Crippen LogP contribution is -2.51. The highest BCUT2D eigenvalue weighted by Crippen LogP contribution is 2.39. The van der Waals surface area contributed by atoms with Crippen LogP contribution < -0.4 is 0 Å². The van der Waals surface area contributed by atoms with E-state index >= 15 is 0 Å². The molecule has 1 amide bonds. The zero-order valence-electron chi connectivity index (χ0n) is 12.5. The highest BCUT2D eigenvalue weighted by atomic mass is 32.2. The summed E-state index contributed by atoms with van der Waals surface area (Å²) in [5.41, 5.74) is -0.754. The highest BCUT2D eigenvalue weighted by Gasteiger charge is 2.49. The number of nitrogens with zero attached hydrogens (tertiary/aromatic N) is 1. The molecule has 0 bridgehead atoms. The first kappa shape index (κ1) is 18.1. The molecule has 1 aliphatic rings. The second-order valence-corrected chi connectivity index (χ2v) is 7.43. The molecule has 0 N–H and O–H groups in total. The zero-order chi connectivity index (χ0) is 16.4. The summed E-state index contributed by atoms with van der Waals surface area (Å²) in [4.78, 5) is 24.0. The topological polar surface area (TPSA) is 46.6 Å². The number of piperidine rings is 1. The molecular weight excluding hydrogens is 307 g/mol. The van der Waals surface area contributed by atoms with Crippen LogP contribution in [0.5, 0.6) is 0 Å². The Morgan fingerprint density at radius 2 is 1.81 bits per heavy atom. The summed E-state index contributed by atoms with van der Waals surface area (Å²) >= 11 is 0.700. The Hall–Kier alpha value is -0.920. The van der Waals surface area contributed by atoms with Gasteiger partial charge in [0, 0.05) is 25.3 Å². The number of hydrogen-bond donors (Lipinski definition) is 0. The van der Waals surface area contributed by atoms with E-state index < -0.39 is 35.6 Å². The molecule has 4 nitrogen and oxygen atoms in total. The van der Waals surface area contributed by atoms with E-state index in [9.17, 15) is 22.8 Å². The Labute approximate surface area is 126 Å². The lowest BCUT2D eigenvalue weighted by molar-refractivity contribution is -0.183. The van der Waals surface area contributed by atoms with Crippen molar-refractivity contribution >= 4 is 23.0 Å². The molecule has 21 heavy (non-hydrogen) atoms.